The minimum Gasteiger partial charge on any atom is -0.496 e. The van der Waals surface area contributed by atoms with Crippen LogP contribution < -0.4 is 14.8 Å². The topological polar surface area (TPSA) is 124 Å². The number of carbonyl (C=O) groups is 1. The average molecular weight is 487 g/mol. The third kappa shape index (κ3) is 4.75. The molecule has 1 saturated heterocycles. The highest BCUT2D eigenvalue weighted by atomic mass is 32.2. The number of hydrogen-bond donors (Lipinski definition) is 1. The van der Waals surface area contributed by atoms with Crippen molar-refractivity contribution in [3.63, 3.8) is 0 Å². The second-order valence-corrected chi connectivity index (χ2v) is 9.83. The van der Waals surface area contributed by atoms with Crippen LogP contribution in [0.1, 0.15) is 31.6 Å². The standard InChI is InChI=1S/C23H26N4O6S/c1-15(28)24-19-13-17(10-11-21(19)32-3)34(29,30)27-12-6-7-16(14-27)22-25-26-23(33-22)18-8-4-5-9-20(18)31-2/h4-5,8-11,13,16H,6-7,12,14H2,1-3H3,(H,24,28)/t16-/m0/s1. The van der Waals surface area contributed by atoms with Gasteiger partial charge >= 0.3 is 0 Å². The van der Waals surface area contributed by atoms with E-state index in [9.17, 15) is 13.2 Å². The maximum Gasteiger partial charge on any atom is 0.251 e. The monoisotopic (exact) mass is 486 g/mol. The molecular weight excluding hydrogens is 460 g/mol. The number of carbonyl (C=O) groups excluding carboxylic acids is 1. The van der Waals surface area contributed by atoms with Crippen LogP contribution in [0.2, 0.25) is 0 Å². The Morgan fingerprint density at radius 3 is 2.62 bits per heavy atom. The number of piperidine rings is 1. The first-order chi connectivity index (χ1) is 16.3. The molecule has 2 heterocycles. The number of benzene rings is 2. The molecule has 10 nitrogen and oxygen atoms in total. The summed E-state index contributed by atoms with van der Waals surface area (Å²) in [5, 5.41) is 11.0. The van der Waals surface area contributed by atoms with Crippen LogP contribution in [0.3, 0.4) is 0 Å². The van der Waals surface area contributed by atoms with Crippen molar-refractivity contribution < 1.29 is 27.1 Å². The highest BCUT2D eigenvalue weighted by molar-refractivity contribution is 7.89. The second-order valence-electron chi connectivity index (χ2n) is 7.89. The Kier molecular flexibility index (Phi) is 6.85. The quantitative estimate of drug-likeness (QED) is 0.540. The SMILES string of the molecule is COc1ccc(S(=O)(=O)N2CCC[C@H](c3nnc(-c4ccccc4OC)o3)C2)cc1NC(C)=O. The first-order valence-corrected chi connectivity index (χ1v) is 12.2. The zero-order chi connectivity index (χ0) is 24.3. The van der Waals surface area contributed by atoms with Crippen molar-refractivity contribution in [2.75, 3.05) is 32.6 Å². The number of rotatable bonds is 7. The van der Waals surface area contributed by atoms with Gasteiger partial charge in [0.15, 0.2) is 0 Å². The highest BCUT2D eigenvalue weighted by Crippen LogP contribution is 2.35. The maximum absolute atomic E-state index is 13.4. The van der Waals surface area contributed by atoms with Crippen molar-refractivity contribution in [2.45, 2.75) is 30.6 Å². The van der Waals surface area contributed by atoms with Gasteiger partial charge in [0.25, 0.3) is 5.89 Å². The van der Waals surface area contributed by atoms with E-state index in [-0.39, 0.29) is 23.3 Å². The summed E-state index contributed by atoms with van der Waals surface area (Å²) in [6.07, 6.45) is 1.37. The van der Waals surface area contributed by atoms with Crippen LogP contribution in [0.25, 0.3) is 11.5 Å². The van der Waals surface area contributed by atoms with Gasteiger partial charge in [-0.15, -0.1) is 10.2 Å². The fourth-order valence-electron chi connectivity index (χ4n) is 3.98. The number of methoxy groups -OCH3 is 2. The molecule has 1 atom stereocenters. The van der Waals surface area contributed by atoms with E-state index in [0.29, 0.717) is 47.5 Å². The predicted molar refractivity (Wildman–Crippen MR) is 124 cm³/mol. The van der Waals surface area contributed by atoms with Crippen LogP contribution in [0, 0.1) is 0 Å². The molecule has 0 unspecified atom stereocenters. The molecule has 1 amide bonds. The number of hydrogen-bond acceptors (Lipinski definition) is 8. The Morgan fingerprint density at radius 1 is 1.12 bits per heavy atom. The molecule has 1 aliphatic rings. The van der Waals surface area contributed by atoms with Gasteiger partial charge in [-0.25, -0.2) is 8.42 Å². The number of aromatic nitrogens is 2. The fourth-order valence-corrected chi connectivity index (χ4v) is 5.53. The van der Waals surface area contributed by atoms with E-state index >= 15 is 0 Å². The zero-order valence-corrected chi connectivity index (χ0v) is 20.0. The molecule has 11 heteroatoms. The number of nitrogens with one attached hydrogen (secondary N) is 1. The number of anilines is 1. The lowest BCUT2D eigenvalue weighted by Gasteiger charge is -2.30. The molecule has 0 spiro atoms. The third-order valence-electron chi connectivity index (χ3n) is 5.63. The van der Waals surface area contributed by atoms with Gasteiger partial charge in [0, 0.05) is 20.0 Å². The van der Waals surface area contributed by atoms with Gasteiger partial charge in [-0.3, -0.25) is 4.79 Å². The van der Waals surface area contributed by atoms with Crippen molar-refractivity contribution in [3.8, 4) is 23.0 Å². The lowest BCUT2D eigenvalue weighted by Crippen LogP contribution is -2.39. The summed E-state index contributed by atoms with van der Waals surface area (Å²) in [7, 11) is -0.808. The zero-order valence-electron chi connectivity index (χ0n) is 19.1. The Morgan fingerprint density at radius 2 is 1.88 bits per heavy atom. The first-order valence-electron chi connectivity index (χ1n) is 10.8. The van der Waals surface area contributed by atoms with Crippen LogP contribution in [0.15, 0.2) is 51.8 Å². The van der Waals surface area contributed by atoms with Gasteiger partial charge in [0.05, 0.1) is 36.3 Å². The van der Waals surface area contributed by atoms with E-state index < -0.39 is 10.0 Å². The smallest absolute Gasteiger partial charge is 0.251 e. The summed E-state index contributed by atoms with van der Waals surface area (Å²) in [6.45, 7) is 1.92. The van der Waals surface area contributed by atoms with Gasteiger partial charge in [-0.05, 0) is 43.2 Å². The average Bonchev–Trinajstić information content (AvgIpc) is 3.34. The van der Waals surface area contributed by atoms with Crippen molar-refractivity contribution in [1.29, 1.82) is 0 Å². The number of para-hydroxylation sites is 1. The molecule has 3 aromatic rings. The largest absolute Gasteiger partial charge is 0.496 e. The van der Waals surface area contributed by atoms with Gasteiger partial charge in [0.2, 0.25) is 21.8 Å². The van der Waals surface area contributed by atoms with Crippen molar-refractivity contribution >= 4 is 21.6 Å². The van der Waals surface area contributed by atoms with Crippen LogP contribution >= 0.6 is 0 Å². The van der Waals surface area contributed by atoms with Crippen LogP contribution in [-0.4, -0.2) is 56.1 Å². The number of amides is 1. The summed E-state index contributed by atoms with van der Waals surface area (Å²) in [5.74, 6) is 1.12. The van der Waals surface area contributed by atoms with Gasteiger partial charge in [-0.1, -0.05) is 12.1 Å². The van der Waals surface area contributed by atoms with Crippen molar-refractivity contribution in [3.05, 3.63) is 48.4 Å². The molecule has 1 aliphatic heterocycles. The molecule has 180 valence electrons. The molecule has 1 aromatic heterocycles. The Hall–Kier alpha value is -3.44. The highest BCUT2D eigenvalue weighted by Gasteiger charge is 2.34. The van der Waals surface area contributed by atoms with Gasteiger partial charge in [-0.2, -0.15) is 4.31 Å². The summed E-state index contributed by atoms with van der Waals surface area (Å²) >= 11 is 0. The summed E-state index contributed by atoms with van der Waals surface area (Å²) in [4.78, 5) is 11.6. The molecule has 0 bridgehead atoms. The Bertz CT molecular complexity index is 1290. The molecule has 1 fully saturated rings. The second kappa shape index (κ2) is 9.82. The number of sulfonamides is 1. The molecule has 1 N–H and O–H groups in total. The number of nitrogens with zero attached hydrogens (tertiary/aromatic N) is 3. The minimum atomic E-state index is -3.83. The molecule has 2 aromatic carbocycles. The third-order valence-corrected chi connectivity index (χ3v) is 7.49. The van der Waals surface area contributed by atoms with E-state index in [1.807, 2.05) is 18.2 Å². The Labute approximate surface area is 197 Å². The van der Waals surface area contributed by atoms with Crippen LogP contribution in [-0.2, 0) is 14.8 Å². The van der Waals surface area contributed by atoms with Crippen molar-refractivity contribution in [1.82, 2.24) is 14.5 Å². The Balaban J connectivity index is 1.57. The van der Waals surface area contributed by atoms with E-state index in [0.717, 1.165) is 6.42 Å². The number of ether oxygens (including phenoxy) is 2. The minimum absolute atomic E-state index is 0.0675. The molecule has 0 radical (unpaired) electrons. The van der Waals surface area contributed by atoms with E-state index in [1.54, 1.807) is 13.2 Å². The molecule has 0 aliphatic carbocycles. The van der Waals surface area contributed by atoms with Gasteiger partial charge < -0.3 is 19.2 Å². The van der Waals surface area contributed by atoms with E-state index in [1.165, 1.54) is 36.5 Å². The molecule has 34 heavy (non-hydrogen) atoms. The van der Waals surface area contributed by atoms with E-state index in [2.05, 4.69) is 15.5 Å². The lowest BCUT2D eigenvalue weighted by atomic mass is 10.00. The molecule has 4 rings (SSSR count). The normalized spacial score (nSPS) is 16.7. The first kappa shape index (κ1) is 23.7. The summed E-state index contributed by atoms with van der Waals surface area (Å²) in [5.41, 5.74) is 0.968. The fraction of sp³-hybridized carbons (Fsp3) is 0.348. The summed E-state index contributed by atoms with van der Waals surface area (Å²) in [6, 6.07) is 11.7. The molecule has 0 saturated carbocycles. The van der Waals surface area contributed by atoms with Crippen molar-refractivity contribution in [2.24, 2.45) is 0 Å². The summed E-state index contributed by atoms with van der Waals surface area (Å²) < 4.78 is 44.7. The van der Waals surface area contributed by atoms with Gasteiger partial charge in [0.1, 0.15) is 11.5 Å². The molecular formula is C23H26N4O6S. The predicted octanol–water partition coefficient (Wildman–Crippen LogP) is 3.28. The van der Waals surface area contributed by atoms with E-state index in [4.69, 9.17) is 13.9 Å². The van der Waals surface area contributed by atoms with Crippen LogP contribution in [0.5, 0.6) is 11.5 Å². The van der Waals surface area contributed by atoms with Crippen LogP contribution in [0.4, 0.5) is 5.69 Å². The lowest BCUT2D eigenvalue weighted by molar-refractivity contribution is -0.114. The maximum atomic E-state index is 13.4.